The van der Waals surface area contributed by atoms with E-state index in [-0.39, 0.29) is 18.5 Å². The molecule has 0 spiro atoms. The van der Waals surface area contributed by atoms with Crippen LogP contribution in [0, 0.1) is 5.92 Å². The Morgan fingerprint density at radius 1 is 1.00 bits per heavy atom. The molecule has 13 heteroatoms. The highest BCUT2D eigenvalue weighted by Crippen LogP contribution is 2.21. The summed E-state index contributed by atoms with van der Waals surface area (Å²) < 4.78 is 5.12. The zero-order chi connectivity index (χ0) is 36.0. The van der Waals surface area contributed by atoms with Gasteiger partial charge in [0.15, 0.2) is 6.10 Å². The Kier molecular flexibility index (Phi) is 16.1. The molecule has 1 saturated carbocycles. The lowest BCUT2D eigenvalue weighted by Gasteiger charge is -2.28. The molecule has 2 fully saturated rings. The molecule has 3 unspecified atom stereocenters. The number of hydrogen-bond acceptors (Lipinski definition) is 7. The van der Waals surface area contributed by atoms with Gasteiger partial charge in [-0.3, -0.25) is 14.4 Å². The Balaban J connectivity index is 0.000000384. The topological polar surface area (TPSA) is 178 Å². The minimum absolute atomic E-state index is 0.112. The van der Waals surface area contributed by atoms with Crippen molar-refractivity contribution in [2.75, 3.05) is 19.6 Å². The minimum atomic E-state index is -1.34. The van der Waals surface area contributed by atoms with Crippen LogP contribution in [0.1, 0.15) is 98.1 Å². The number of nitrogens with one attached hydrogen (secondary N) is 3. The standard InChI is InChI=1S/C21H36N4O6.C10H11NO2.C4H10/c1-5-7-14(17(27)19(29)23-13-9-10-13)24-18(28)15-8-6-11-25(15)16(26)12-22-20(30)31-21(2,3)4;12-10(13)11-6-5-8-3-1-2-4-9(8)7-11;1-4(2)3/h13-15,17,27H,5-12H2,1-4H3,(H,22,30)(H,23,29)(H,24,28);1-4H,5-7H2,(H,12,13);4H,1-3H3. The first kappa shape index (κ1) is 40.3. The van der Waals surface area contributed by atoms with E-state index in [0.29, 0.717) is 45.3 Å². The first-order valence-corrected chi connectivity index (χ1v) is 17.1. The van der Waals surface area contributed by atoms with Crippen LogP contribution in [-0.2, 0) is 32.1 Å². The molecule has 1 saturated heterocycles. The van der Waals surface area contributed by atoms with Crippen LogP contribution in [0.15, 0.2) is 24.3 Å². The summed E-state index contributed by atoms with van der Waals surface area (Å²) in [6.07, 6.45) is 2.01. The summed E-state index contributed by atoms with van der Waals surface area (Å²) in [4.78, 5) is 63.0. The summed E-state index contributed by atoms with van der Waals surface area (Å²) >= 11 is 0. The van der Waals surface area contributed by atoms with Crippen LogP contribution >= 0.6 is 0 Å². The van der Waals surface area contributed by atoms with Gasteiger partial charge >= 0.3 is 12.2 Å². The molecule has 1 aromatic carbocycles. The number of nitrogens with zero attached hydrogens (tertiary/aromatic N) is 2. The van der Waals surface area contributed by atoms with E-state index in [1.54, 1.807) is 20.8 Å². The molecule has 5 amide bonds. The quantitative estimate of drug-likeness (QED) is 0.262. The van der Waals surface area contributed by atoms with Crippen molar-refractivity contribution in [3.05, 3.63) is 35.4 Å². The molecule has 3 aliphatic rings. The predicted octanol–water partition coefficient (Wildman–Crippen LogP) is 3.81. The lowest BCUT2D eigenvalue weighted by molar-refractivity contribution is -0.139. The fourth-order valence-electron chi connectivity index (χ4n) is 5.16. The van der Waals surface area contributed by atoms with Gasteiger partial charge in [-0.05, 0) is 76.3 Å². The van der Waals surface area contributed by atoms with Crippen molar-refractivity contribution in [1.82, 2.24) is 25.8 Å². The number of likely N-dealkylation sites (tertiary alicyclic amines) is 1. The summed E-state index contributed by atoms with van der Waals surface area (Å²) in [5, 5.41) is 27.1. The summed E-state index contributed by atoms with van der Waals surface area (Å²) in [6, 6.07) is 6.68. The van der Waals surface area contributed by atoms with Crippen molar-refractivity contribution in [2.24, 2.45) is 5.92 Å². The average molecular weight is 676 g/mol. The van der Waals surface area contributed by atoms with Crippen molar-refractivity contribution in [3.63, 3.8) is 0 Å². The van der Waals surface area contributed by atoms with E-state index >= 15 is 0 Å². The molecule has 0 bridgehead atoms. The molecule has 13 nitrogen and oxygen atoms in total. The molecule has 2 heterocycles. The van der Waals surface area contributed by atoms with Crippen molar-refractivity contribution in [3.8, 4) is 0 Å². The second-order valence-corrected chi connectivity index (χ2v) is 14.2. The van der Waals surface area contributed by atoms with E-state index in [9.17, 15) is 29.1 Å². The van der Waals surface area contributed by atoms with E-state index in [4.69, 9.17) is 9.84 Å². The summed E-state index contributed by atoms with van der Waals surface area (Å²) in [6.45, 7) is 14.8. The monoisotopic (exact) mass is 675 g/mol. The van der Waals surface area contributed by atoms with Gasteiger partial charge in [-0.1, -0.05) is 58.4 Å². The van der Waals surface area contributed by atoms with Crippen LogP contribution in [0.3, 0.4) is 0 Å². The van der Waals surface area contributed by atoms with Crippen LogP contribution in [0.5, 0.6) is 0 Å². The summed E-state index contributed by atoms with van der Waals surface area (Å²) in [7, 11) is 0. The van der Waals surface area contributed by atoms with Gasteiger partial charge < -0.3 is 40.7 Å². The molecule has 0 radical (unpaired) electrons. The van der Waals surface area contributed by atoms with E-state index in [2.05, 4.69) is 42.8 Å². The fraction of sp³-hybridized carbons (Fsp3) is 0.686. The van der Waals surface area contributed by atoms with Crippen LogP contribution in [0.2, 0.25) is 0 Å². The molecule has 2 aliphatic heterocycles. The number of amides is 5. The first-order chi connectivity index (χ1) is 22.5. The Hall–Kier alpha value is -3.87. The van der Waals surface area contributed by atoms with Gasteiger partial charge in [-0.2, -0.15) is 0 Å². The van der Waals surface area contributed by atoms with Gasteiger partial charge in [0.1, 0.15) is 18.2 Å². The lowest BCUT2D eigenvalue weighted by Crippen LogP contribution is -2.55. The third kappa shape index (κ3) is 14.5. The number of carbonyl (C=O) groups excluding carboxylic acids is 4. The number of aliphatic hydroxyl groups is 1. The number of aliphatic hydroxyl groups excluding tert-OH is 1. The molecule has 48 heavy (non-hydrogen) atoms. The first-order valence-electron chi connectivity index (χ1n) is 17.1. The highest BCUT2D eigenvalue weighted by Gasteiger charge is 2.37. The smallest absolute Gasteiger partial charge is 0.408 e. The van der Waals surface area contributed by atoms with Crippen molar-refractivity contribution < 1.29 is 38.9 Å². The third-order valence-corrected chi connectivity index (χ3v) is 7.56. The maximum absolute atomic E-state index is 12.9. The second kappa shape index (κ2) is 19.2. The number of hydrogen-bond donors (Lipinski definition) is 5. The SMILES string of the molecule is CC(C)C.CCCC(NC(=O)C1CCCN1C(=O)CNC(=O)OC(C)(C)C)C(O)C(=O)NC1CC1.O=C(O)N1CCc2ccccc2C1. The molecule has 3 atom stereocenters. The highest BCUT2D eigenvalue weighted by molar-refractivity contribution is 5.91. The number of fused-ring (bicyclic) bond motifs is 1. The van der Waals surface area contributed by atoms with Gasteiger partial charge in [0.25, 0.3) is 5.91 Å². The fourth-order valence-corrected chi connectivity index (χ4v) is 5.16. The molecule has 0 aromatic heterocycles. The Morgan fingerprint density at radius 2 is 1.62 bits per heavy atom. The molecule has 5 N–H and O–H groups in total. The molecule has 1 aromatic rings. The van der Waals surface area contributed by atoms with Crippen molar-refractivity contribution >= 4 is 29.9 Å². The normalized spacial score (nSPS) is 18.1. The number of carboxylic acid groups (broad SMARTS) is 1. The largest absolute Gasteiger partial charge is 0.465 e. The van der Waals surface area contributed by atoms with E-state index in [1.807, 2.05) is 25.1 Å². The van der Waals surface area contributed by atoms with Gasteiger partial charge in [-0.25, -0.2) is 9.59 Å². The maximum Gasteiger partial charge on any atom is 0.408 e. The van der Waals surface area contributed by atoms with Crippen molar-refractivity contribution in [1.29, 1.82) is 0 Å². The van der Waals surface area contributed by atoms with E-state index in [1.165, 1.54) is 15.4 Å². The van der Waals surface area contributed by atoms with E-state index < -0.39 is 47.8 Å². The summed E-state index contributed by atoms with van der Waals surface area (Å²) in [5.74, 6) is -0.440. The molecular weight excluding hydrogens is 618 g/mol. The molecule has 1 aliphatic carbocycles. The van der Waals surface area contributed by atoms with Crippen LogP contribution in [0.25, 0.3) is 0 Å². The number of alkyl carbamates (subject to hydrolysis) is 1. The maximum atomic E-state index is 12.9. The van der Waals surface area contributed by atoms with Crippen LogP contribution in [0.4, 0.5) is 9.59 Å². The third-order valence-electron chi connectivity index (χ3n) is 7.56. The zero-order valence-corrected chi connectivity index (χ0v) is 29.7. The molecule has 270 valence electrons. The number of rotatable bonds is 9. The molecular formula is C35H57N5O8. The minimum Gasteiger partial charge on any atom is -0.465 e. The predicted molar refractivity (Wildman–Crippen MR) is 182 cm³/mol. The average Bonchev–Trinajstić information content (AvgIpc) is 3.68. The van der Waals surface area contributed by atoms with Gasteiger partial charge in [-0.15, -0.1) is 0 Å². The zero-order valence-electron chi connectivity index (χ0n) is 29.7. The van der Waals surface area contributed by atoms with Crippen molar-refractivity contribution in [2.45, 2.75) is 130 Å². The van der Waals surface area contributed by atoms with Gasteiger partial charge in [0, 0.05) is 25.7 Å². The number of ether oxygens (including phenoxy) is 1. The summed E-state index contributed by atoms with van der Waals surface area (Å²) in [5.41, 5.74) is 1.74. The van der Waals surface area contributed by atoms with Crippen LogP contribution < -0.4 is 16.0 Å². The Morgan fingerprint density at radius 3 is 2.19 bits per heavy atom. The second-order valence-electron chi connectivity index (χ2n) is 14.2. The van der Waals surface area contributed by atoms with Crippen LogP contribution in [-0.4, -0.2) is 99.4 Å². The Labute approximate surface area is 285 Å². The highest BCUT2D eigenvalue weighted by atomic mass is 16.6. The number of benzene rings is 1. The van der Waals surface area contributed by atoms with Gasteiger partial charge in [0.05, 0.1) is 6.04 Å². The number of carbonyl (C=O) groups is 5. The Bertz CT molecular complexity index is 1230. The molecule has 4 rings (SSSR count). The van der Waals surface area contributed by atoms with Gasteiger partial charge in [0.2, 0.25) is 11.8 Å². The van der Waals surface area contributed by atoms with E-state index in [0.717, 1.165) is 30.7 Å². The lowest BCUT2D eigenvalue weighted by atomic mass is 10.0.